The third-order valence-electron chi connectivity index (χ3n) is 3.79. The Balaban J connectivity index is 2.17. The zero-order chi connectivity index (χ0) is 18.9. The van der Waals surface area contributed by atoms with Crippen molar-refractivity contribution >= 4 is 27.9 Å². The lowest BCUT2D eigenvalue weighted by atomic mass is 9.98. The van der Waals surface area contributed by atoms with E-state index in [1.165, 1.54) is 4.31 Å². The van der Waals surface area contributed by atoms with Gasteiger partial charge in [0.25, 0.3) is 5.91 Å². The quantitative estimate of drug-likeness (QED) is 0.431. The molecule has 0 aromatic rings. The van der Waals surface area contributed by atoms with Crippen LogP contribution in [0, 0.1) is 5.92 Å². The maximum absolute atomic E-state index is 11.9. The van der Waals surface area contributed by atoms with Crippen LogP contribution in [0.15, 0.2) is 0 Å². The van der Waals surface area contributed by atoms with E-state index in [-0.39, 0.29) is 32.1 Å². The molecular formula is C15H26N2O7S. The molecule has 0 bridgehead atoms. The van der Waals surface area contributed by atoms with E-state index in [4.69, 9.17) is 9.47 Å². The van der Waals surface area contributed by atoms with E-state index >= 15 is 0 Å². The van der Waals surface area contributed by atoms with Gasteiger partial charge in [-0.05, 0) is 26.2 Å². The summed E-state index contributed by atoms with van der Waals surface area (Å²) in [6, 6.07) is 0. The highest BCUT2D eigenvalue weighted by atomic mass is 32.2. The van der Waals surface area contributed by atoms with E-state index < -0.39 is 27.8 Å². The fraction of sp³-hybridized carbons (Fsp3) is 0.800. The summed E-state index contributed by atoms with van der Waals surface area (Å²) < 4.78 is 33.9. The van der Waals surface area contributed by atoms with Crippen LogP contribution < -0.4 is 5.32 Å². The first kappa shape index (κ1) is 21.4. The van der Waals surface area contributed by atoms with Crippen molar-refractivity contribution in [1.29, 1.82) is 0 Å². The number of nitrogens with one attached hydrogen (secondary N) is 1. The summed E-state index contributed by atoms with van der Waals surface area (Å²) in [5.74, 6) is -1.64. The van der Waals surface area contributed by atoms with E-state index in [0.717, 1.165) is 6.26 Å². The van der Waals surface area contributed by atoms with Crippen LogP contribution in [-0.2, 0) is 33.9 Å². The molecule has 10 heteroatoms. The highest BCUT2D eigenvalue weighted by Crippen LogP contribution is 2.20. The summed E-state index contributed by atoms with van der Waals surface area (Å²) in [4.78, 5) is 34.6. The Hall–Kier alpha value is -1.68. The zero-order valence-electron chi connectivity index (χ0n) is 14.7. The number of carbonyl (C=O) groups is 3. The van der Waals surface area contributed by atoms with E-state index in [9.17, 15) is 22.8 Å². The smallest absolute Gasteiger partial charge is 0.309 e. The molecule has 0 aliphatic carbocycles. The molecule has 0 aromatic heterocycles. The van der Waals surface area contributed by atoms with E-state index in [0.29, 0.717) is 32.4 Å². The third-order valence-corrected chi connectivity index (χ3v) is 5.09. The van der Waals surface area contributed by atoms with Crippen molar-refractivity contribution in [2.24, 2.45) is 5.92 Å². The van der Waals surface area contributed by atoms with Crippen molar-refractivity contribution < 1.29 is 32.3 Å². The van der Waals surface area contributed by atoms with Crippen LogP contribution in [0.2, 0.25) is 0 Å². The Bertz CT molecular complexity index is 568. The average Bonchev–Trinajstić information content (AvgIpc) is 2.56. The number of amides is 1. The monoisotopic (exact) mass is 378 g/mol. The van der Waals surface area contributed by atoms with Gasteiger partial charge >= 0.3 is 11.9 Å². The SMILES string of the molecule is CCOC(=O)CCCNC(=O)COC(=O)C1CCN(S(C)(=O)=O)CC1. The first-order valence-electron chi connectivity index (χ1n) is 8.28. The number of rotatable bonds is 9. The molecule has 25 heavy (non-hydrogen) atoms. The summed E-state index contributed by atoms with van der Waals surface area (Å²) in [5.41, 5.74) is 0. The van der Waals surface area contributed by atoms with Crippen LogP contribution >= 0.6 is 0 Å². The summed E-state index contributed by atoms with van der Waals surface area (Å²) in [5, 5.41) is 2.55. The second-order valence-electron chi connectivity index (χ2n) is 5.80. The van der Waals surface area contributed by atoms with Crippen LogP contribution in [0.25, 0.3) is 0 Å². The maximum Gasteiger partial charge on any atom is 0.309 e. The Morgan fingerprint density at radius 3 is 2.36 bits per heavy atom. The van der Waals surface area contributed by atoms with Gasteiger partial charge in [0.05, 0.1) is 18.8 Å². The molecule has 0 atom stereocenters. The van der Waals surface area contributed by atoms with E-state index in [1.807, 2.05) is 0 Å². The summed E-state index contributed by atoms with van der Waals surface area (Å²) in [6.45, 7) is 2.51. The Labute approximate surface area is 148 Å². The van der Waals surface area contributed by atoms with Gasteiger partial charge in [-0.15, -0.1) is 0 Å². The molecule has 1 N–H and O–H groups in total. The number of piperidine rings is 1. The Morgan fingerprint density at radius 2 is 1.80 bits per heavy atom. The van der Waals surface area contributed by atoms with Gasteiger partial charge in [0.15, 0.2) is 6.61 Å². The number of esters is 2. The molecule has 0 spiro atoms. The molecule has 0 aromatic carbocycles. The Kier molecular flexibility index (Phi) is 8.84. The molecular weight excluding hydrogens is 352 g/mol. The molecule has 1 aliphatic heterocycles. The van der Waals surface area contributed by atoms with Gasteiger partial charge < -0.3 is 14.8 Å². The molecule has 0 radical (unpaired) electrons. The maximum atomic E-state index is 11.9. The van der Waals surface area contributed by atoms with E-state index in [1.54, 1.807) is 6.92 Å². The molecule has 144 valence electrons. The number of ether oxygens (including phenoxy) is 2. The minimum atomic E-state index is -3.24. The minimum Gasteiger partial charge on any atom is -0.466 e. The molecule has 0 saturated carbocycles. The topological polar surface area (TPSA) is 119 Å². The van der Waals surface area contributed by atoms with Gasteiger partial charge in [-0.1, -0.05) is 0 Å². The molecule has 0 unspecified atom stereocenters. The van der Waals surface area contributed by atoms with Gasteiger partial charge in [0.2, 0.25) is 10.0 Å². The highest BCUT2D eigenvalue weighted by Gasteiger charge is 2.30. The number of carbonyl (C=O) groups excluding carboxylic acids is 3. The summed E-state index contributed by atoms with van der Waals surface area (Å²) in [7, 11) is -3.24. The second kappa shape index (κ2) is 10.3. The first-order chi connectivity index (χ1) is 11.7. The number of hydrogen-bond acceptors (Lipinski definition) is 7. The van der Waals surface area contributed by atoms with Crippen LogP contribution in [0.5, 0.6) is 0 Å². The van der Waals surface area contributed by atoms with Gasteiger partial charge in [0, 0.05) is 26.1 Å². The van der Waals surface area contributed by atoms with Crippen LogP contribution in [0.1, 0.15) is 32.6 Å². The largest absolute Gasteiger partial charge is 0.466 e. The lowest BCUT2D eigenvalue weighted by molar-refractivity contribution is -0.153. The lowest BCUT2D eigenvalue weighted by Crippen LogP contribution is -2.40. The van der Waals surface area contributed by atoms with Crippen LogP contribution in [0.3, 0.4) is 0 Å². The minimum absolute atomic E-state index is 0.215. The highest BCUT2D eigenvalue weighted by molar-refractivity contribution is 7.88. The molecule has 1 fully saturated rings. The van der Waals surface area contributed by atoms with Gasteiger partial charge in [-0.2, -0.15) is 0 Å². The normalized spacial score (nSPS) is 16.2. The number of hydrogen-bond donors (Lipinski definition) is 1. The molecule has 1 rings (SSSR count). The third kappa shape index (κ3) is 8.30. The van der Waals surface area contributed by atoms with Crippen LogP contribution in [0.4, 0.5) is 0 Å². The molecule has 9 nitrogen and oxygen atoms in total. The van der Waals surface area contributed by atoms with Crippen molar-refractivity contribution in [2.75, 3.05) is 39.1 Å². The predicted octanol–water partition coefficient (Wildman–Crippen LogP) is -0.339. The summed E-state index contributed by atoms with van der Waals surface area (Å²) in [6.07, 6.45) is 2.56. The second-order valence-corrected chi connectivity index (χ2v) is 7.78. The average molecular weight is 378 g/mol. The summed E-state index contributed by atoms with van der Waals surface area (Å²) >= 11 is 0. The molecule has 1 amide bonds. The van der Waals surface area contributed by atoms with Crippen molar-refractivity contribution in [2.45, 2.75) is 32.6 Å². The van der Waals surface area contributed by atoms with Gasteiger partial charge in [-0.25, -0.2) is 12.7 Å². The Morgan fingerprint density at radius 1 is 1.16 bits per heavy atom. The van der Waals surface area contributed by atoms with Gasteiger partial charge in [0.1, 0.15) is 0 Å². The fourth-order valence-electron chi connectivity index (χ4n) is 2.42. The molecule has 1 aliphatic rings. The first-order valence-corrected chi connectivity index (χ1v) is 10.1. The number of sulfonamides is 1. The predicted molar refractivity (Wildman–Crippen MR) is 89.0 cm³/mol. The zero-order valence-corrected chi connectivity index (χ0v) is 15.5. The van der Waals surface area contributed by atoms with E-state index in [2.05, 4.69) is 5.32 Å². The molecule has 1 saturated heterocycles. The molecule has 1 heterocycles. The van der Waals surface area contributed by atoms with Crippen LogP contribution in [-0.4, -0.2) is 69.7 Å². The van der Waals surface area contributed by atoms with Crippen molar-refractivity contribution in [3.8, 4) is 0 Å². The standard InChI is InChI=1S/C15H26N2O7S/c1-3-23-14(19)5-4-8-16-13(18)11-24-15(20)12-6-9-17(10-7-12)25(2,21)22/h12H,3-11H2,1-2H3,(H,16,18). The van der Waals surface area contributed by atoms with Gasteiger partial charge in [-0.3, -0.25) is 14.4 Å². The fourth-order valence-corrected chi connectivity index (χ4v) is 3.30. The van der Waals surface area contributed by atoms with Crippen molar-refractivity contribution in [3.63, 3.8) is 0 Å². The lowest BCUT2D eigenvalue weighted by Gasteiger charge is -2.28. The van der Waals surface area contributed by atoms with Crippen molar-refractivity contribution in [1.82, 2.24) is 9.62 Å². The number of nitrogens with zero attached hydrogens (tertiary/aromatic N) is 1. The van der Waals surface area contributed by atoms with Crippen molar-refractivity contribution in [3.05, 3.63) is 0 Å².